The van der Waals surface area contributed by atoms with Crippen LogP contribution in [0.5, 0.6) is 0 Å². The summed E-state index contributed by atoms with van der Waals surface area (Å²) in [6.45, 7) is 6.31. The summed E-state index contributed by atoms with van der Waals surface area (Å²) in [5.41, 5.74) is 6.51. The van der Waals surface area contributed by atoms with Crippen molar-refractivity contribution in [2.24, 2.45) is 5.92 Å². The van der Waals surface area contributed by atoms with Crippen molar-refractivity contribution in [1.82, 2.24) is 5.32 Å². The van der Waals surface area contributed by atoms with Gasteiger partial charge in [-0.2, -0.15) is 5.26 Å². The maximum absolute atomic E-state index is 11.9. The van der Waals surface area contributed by atoms with E-state index in [4.69, 9.17) is 11.0 Å². The molecule has 0 saturated carbocycles. The van der Waals surface area contributed by atoms with Gasteiger partial charge in [0.25, 0.3) is 5.91 Å². The molecule has 4 N–H and O–H groups in total. The van der Waals surface area contributed by atoms with Crippen molar-refractivity contribution in [3.8, 4) is 6.07 Å². The highest BCUT2D eigenvalue weighted by atomic mass is 32.1. The van der Waals surface area contributed by atoms with Crippen molar-refractivity contribution < 1.29 is 4.79 Å². The molecule has 0 aliphatic heterocycles. The molecule has 0 fully saturated rings. The first-order chi connectivity index (χ1) is 8.96. The lowest BCUT2D eigenvalue weighted by atomic mass is 10.0. The number of nitrogens with one attached hydrogen (secondary N) is 2. The molecule has 1 atom stereocenters. The number of anilines is 2. The lowest BCUT2D eigenvalue weighted by Crippen LogP contribution is -2.26. The number of amides is 1. The minimum atomic E-state index is -0.267. The predicted octanol–water partition coefficient (Wildman–Crippen LogP) is 2.41. The second kappa shape index (κ2) is 6.43. The van der Waals surface area contributed by atoms with E-state index in [-0.39, 0.29) is 17.6 Å². The van der Waals surface area contributed by atoms with Gasteiger partial charge in [0, 0.05) is 13.1 Å². The van der Waals surface area contributed by atoms with Gasteiger partial charge < -0.3 is 16.4 Å². The van der Waals surface area contributed by atoms with Crippen LogP contribution in [0.1, 0.15) is 42.4 Å². The van der Waals surface area contributed by atoms with Crippen LogP contribution in [0.15, 0.2) is 0 Å². The number of nitriles is 1. The molecule has 0 radical (unpaired) electrons. The van der Waals surface area contributed by atoms with Crippen LogP contribution in [-0.2, 0) is 0 Å². The van der Waals surface area contributed by atoms with Gasteiger partial charge in [-0.15, -0.1) is 11.3 Å². The Labute approximate surface area is 117 Å². The van der Waals surface area contributed by atoms with Gasteiger partial charge in [0.05, 0.1) is 11.3 Å². The summed E-state index contributed by atoms with van der Waals surface area (Å²) in [6.07, 6.45) is 0.935. The molecule has 0 bridgehead atoms. The Kier molecular flexibility index (Phi) is 5.19. The molecule has 19 heavy (non-hydrogen) atoms. The van der Waals surface area contributed by atoms with Crippen molar-refractivity contribution in [2.45, 2.75) is 33.2 Å². The first-order valence-corrected chi connectivity index (χ1v) is 7.08. The number of nitrogen functional groups attached to an aromatic ring is 1. The van der Waals surface area contributed by atoms with E-state index >= 15 is 0 Å². The minimum Gasteiger partial charge on any atom is -0.396 e. The first-order valence-electron chi connectivity index (χ1n) is 6.27. The number of hydrogen-bond donors (Lipinski definition) is 3. The molecule has 6 heteroatoms. The summed E-state index contributed by atoms with van der Waals surface area (Å²) >= 11 is 1.23. The zero-order valence-corrected chi connectivity index (χ0v) is 12.5. The van der Waals surface area contributed by atoms with E-state index in [0.29, 0.717) is 21.4 Å². The summed E-state index contributed by atoms with van der Waals surface area (Å²) in [4.78, 5) is 12.3. The van der Waals surface area contributed by atoms with Crippen molar-refractivity contribution in [3.05, 3.63) is 10.4 Å². The molecular weight excluding hydrogens is 260 g/mol. The highest BCUT2D eigenvalue weighted by molar-refractivity contribution is 7.17. The molecule has 0 saturated heterocycles. The molecule has 0 aliphatic carbocycles. The van der Waals surface area contributed by atoms with Gasteiger partial charge >= 0.3 is 0 Å². The monoisotopic (exact) mass is 280 g/mol. The largest absolute Gasteiger partial charge is 0.396 e. The molecule has 5 nitrogen and oxygen atoms in total. The minimum absolute atomic E-state index is 0.244. The van der Waals surface area contributed by atoms with Gasteiger partial charge in [-0.3, -0.25) is 4.79 Å². The van der Waals surface area contributed by atoms with Gasteiger partial charge in [0.1, 0.15) is 15.9 Å². The summed E-state index contributed by atoms with van der Waals surface area (Å²) in [6, 6.07) is 2.27. The van der Waals surface area contributed by atoms with Gasteiger partial charge in [-0.1, -0.05) is 20.8 Å². The summed E-state index contributed by atoms with van der Waals surface area (Å²) in [5, 5.41) is 15.6. The second-order valence-corrected chi connectivity index (χ2v) is 5.66. The van der Waals surface area contributed by atoms with E-state index in [1.165, 1.54) is 11.3 Å². The summed E-state index contributed by atoms with van der Waals surface area (Å²) in [5.74, 6) is 0.160. The Morgan fingerprint density at radius 1 is 1.53 bits per heavy atom. The van der Waals surface area contributed by atoms with Crippen LogP contribution in [0.2, 0.25) is 0 Å². The van der Waals surface area contributed by atoms with Crippen LogP contribution in [0, 0.1) is 17.2 Å². The van der Waals surface area contributed by atoms with Crippen molar-refractivity contribution in [1.29, 1.82) is 5.26 Å². The number of thiophene rings is 1. The van der Waals surface area contributed by atoms with Gasteiger partial charge in [0.15, 0.2) is 0 Å². The molecule has 1 unspecified atom stereocenters. The van der Waals surface area contributed by atoms with Crippen molar-refractivity contribution in [2.75, 3.05) is 18.1 Å². The number of nitrogens with zero attached hydrogens (tertiary/aromatic N) is 1. The third-order valence-electron chi connectivity index (χ3n) is 3.06. The Balaban J connectivity index is 3.20. The SMILES string of the molecule is CCC(Nc1sc(C#N)c(N)c1C(=O)NC)C(C)C. The topological polar surface area (TPSA) is 90.9 Å². The third-order valence-corrected chi connectivity index (χ3v) is 4.10. The molecule has 1 aromatic heterocycles. The van der Waals surface area contributed by atoms with E-state index in [9.17, 15) is 4.79 Å². The molecule has 0 spiro atoms. The fourth-order valence-electron chi connectivity index (χ4n) is 1.89. The number of rotatable bonds is 5. The molecule has 104 valence electrons. The Hall–Kier alpha value is -1.74. The number of nitrogens with two attached hydrogens (primary N) is 1. The Morgan fingerprint density at radius 2 is 2.16 bits per heavy atom. The van der Waals surface area contributed by atoms with E-state index < -0.39 is 0 Å². The van der Waals surface area contributed by atoms with E-state index in [1.807, 2.05) is 6.07 Å². The lowest BCUT2D eigenvalue weighted by Gasteiger charge is -2.21. The smallest absolute Gasteiger partial charge is 0.256 e. The maximum Gasteiger partial charge on any atom is 0.256 e. The summed E-state index contributed by atoms with van der Waals surface area (Å²) < 4.78 is 0. The number of hydrogen-bond acceptors (Lipinski definition) is 5. The zero-order chi connectivity index (χ0) is 14.6. The van der Waals surface area contributed by atoms with Crippen LogP contribution >= 0.6 is 11.3 Å². The summed E-state index contributed by atoms with van der Waals surface area (Å²) in [7, 11) is 1.55. The molecular formula is C13H20N4OS. The molecule has 0 aliphatic rings. The number of carbonyl (C=O) groups is 1. The van der Waals surface area contributed by atoms with Crippen LogP contribution in [0.4, 0.5) is 10.7 Å². The molecule has 1 rings (SSSR count). The maximum atomic E-state index is 11.9. The van der Waals surface area contributed by atoms with Crippen molar-refractivity contribution in [3.63, 3.8) is 0 Å². The van der Waals surface area contributed by atoms with Crippen LogP contribution in [-0.4, -0.2) is 19.0 Å². The van der Waals surface area contributed by atoms with Crippen LogP contribution in [0.25, 0.3) is 0 Å². The van der Waals surface area contributed by atoms with Crippen LogP contribution in [0.3, 0.4) is 0 Å². The highest BCUT2D eigenvalue weighted by Crippen LogP contribution is 2.36. The van der Waals surface area contributed by atoms with Gasteiger partial charge in [-0.25, -0.2) is 0 Å². The van der Waals surface area contributed by atoms with Crippen LogP contribution < -0.4 is 16.4 Å². The average Bonchev–Trinajstić information content (AvgIpc) is 2.70. The molecule has 1 aromatic rings. The fraction of sp³-hybridized carbons (Fsp3) is 0.538. The van der Waals surface area contributed by atoms with Gasteiger partial charge in [0.2, 0.25) is 0 Å². The molecule has 1 heterocycles. The molecule has 0 aromatic carbocycles. The van der Waals surface area contributed by atoms with Gasteiger partial charge in [-0.05, 0) is 12.3 Å². The van der Waals surface area contributed by atoms with E-state index in [2.05, 4.69) is 31.4 Å². The zero-order valence-electron chi connectivity index (χ0n) is 11.7. The molecule has 1 amide bonds. The van der Waals surface area contributed by atoms with E-state index in [0.717, 1.165) is 6.42 Å². The lowest BCUT2D eigenvalue weighted by molar-refractivity contribution is 0.0965. The second-order valence-electron chi connectivity index (χ2n) is 4.64. The Bertz CT molecular complexity index is 501. The predicted molar refractivity (Wildman–Crippen MR) is 79.4 cm³/mol. The van der Waals surface area contributed by atoms with Crippen molar-refractivity contribution >= 4 is 27.9 Å². The highest BCUT2D eigenvalue weighted by Gasteiger charge is 2.23. The quantitative estimate of drug-likeness (QED) is 0.772. The average molecular weight is 280 g/mol. The Morgan fingerprint density at radius 3 is 2.58 bits per heavy atom. The normalized spacial score (nSPS) is 12.0. The van der Waals surface area contributed by atoms with E-state index in [1.54, 1.807) is 7.05 Å². The first kappa shape index (κ1) is 15.3. The third kappa shape index (κ3) is 3.18. The number of carbonyl (C=O) groups excluding carboxylic acids is 1. The standard InChI is InChI=1S/C13H20N4OS/c1-5-8(7(2)3)17-13-10(12(18)16-4)11(15)9(6-14)19-13/h7-8,17H,5,15H2,1-4H3,(H,16,18). The fourth-order valence-corrected chi connectivity index (χ4v) is 2.86.